The zero-order valence-electron chi connectivity index (χ0n) is 12.8. The second kappa shape index (κ2) is 7.16. The Morgan fingerprint density at radius 1 is 1.27 bits per heavy atom. The highest BCUT2D eigenvalue weighted by atomic mass is 32.2. The van der Waals surface area contributed by atoms with E-state index in [1.165, 1.54) is 10.8 Å². The Balaban J connectivity index is 1.53. The fourth-order valence-corrected chi connectivity index (χ4v) is 3.69. The number of piperidine rings is 1. The molecule has 4 heteroatoms. The molecule has 22 heavy (non-hydrogen) atoms. The van der Waals surface area contributed by atoms with Crippen molar-refractivity contribution < 1.29 is 4.79 Å². The van der Waals surface area contributed by atoms with Gasteiger partial charge in [-0.2, -0.15) is 0 Å². The zero-order valence-corrected chi connectivity index (χ0v) is 13.7. The van der Waals surface area contributed by atoms with E-state index >= 15 is 0 Å². The molecule has 0 radical (unpaired) electrons. The molecule has 116 valence electrons. The molecule has 2 aromatic rings. The van der Waals surface area contributed by atoms with Gasteiger partial charge in [-0.1, -0.05) is 30.3 Å². The minimum Gasteiger partial charge on any atom is -0.353 e. The smallest absolute Gasteiger partial charge is 0.230 e. The summed E-state index contributed by atoms with van der Waals surface area (Å²) < 4.78 is 0. The average Bonchev–Trinajstić information content (AvgIpc) is 2.53. The fraction of sp³-hybridized carbons (Fsp3) is 0.389. The molecule has 2 N–H and O–H groups in total. The molecule has 2 atom stereocenters. The molecular weight excluding hydrogens is 292 g/mol. The monoisotopic (exact) mass is 314 g/mol. The fourth-order valence-electron chi connectivity index (χ4n) is 2.94. The molecule has 0 aliphatic carbocycles. The summed E-state index contributed by atoms with van der Waals surface area (Å²) in [7, 11) is 0. The quantitative estimate of drug-likeness (QED) is 0.852. The van der Waals surface area contributed by atoms with Crippen molar-refractivity contribution in [1.29, 1.82) is 0 Å². The standard InChI is InChI=1S/C18H22N2OS/c1-13-10-16(8-9-19-13)20-18(21)12-22-17-7-6-14-4-2-3-5-15(14)11-17/h2-7,11,13,16,19H,8-10,12H2,1H3,(H,20,21). The van der Waals surface area contributed by atoms with Crippen LogP contribution in [0.4, 0.5) is 0 Å². The molecule has 0 spiro atoms. The van der Waals surface area contributed by atoms with Crippen LogP contribution in [0.15, 0.2) is 47.4 Å². The van der Waals surface area contributed by atoms with E-state index in [1.54, 1.807) is 11.8 Å². The van der Waals surface area contributed by atoms with Gasteiger partial charge < -0.3 is 10.6 Å². The first kappa shape index (κ1) is 15.4. The Bertz CT molecular complexity index is 658. The molecule has 3 nitrogen and oxygen atoms in total. The Hall–Kier alpha value is -1.52. The van der Waals surface area contributed by atoms with Crippen LogP contribution < -0.4 is 10.6 Å². The van der Waals surface area contributed by atoms with E-state index in [4.69, 9.17) is 0 Å². The van der Waals surface area contributed by atoms with Crippen LogP contribution in [0.1, 0.15) is 19.8 Å². The highest BCUT2D eigenvalue weighted by molar-refractivity contribution is 8.00. The molecule has 1 saturated heterocycles. The van der Waals surface area contributed by atoms with Gasteiger partial charge >= 0.3 is 0 Å². The maximum Gasteiger partial charge on any atom is 0.230 e. The summed E-state index contributed by atoms with van der Waals surface area (Å²) in [5, 5.41) is 9.02. The van der Waals surface area contributed by atoms with Gasteiger partial charge in [0, 0.05) is 17.0 Å². The minimum absolute atomic E-state index is 0.136. The second-order valence-electron chi connectivity index (χ2n) is 5.94. The minimum atomic E-state index is 0.136. The number of fused-ring (bicyclic) bond motifs is 1. The largest absolute Gasteiger partial charge is 0.353 e. The van der Waals surface area contributed by atoms with Crippen molar-refractivity contribution in [2.24, 2.45) is 0 Å². The van der Waals surface area contributed by atoms with Crippen molar-refractivity contribution in [3.8, 4) is 0 Å². The van der Waals surface area contributed by atoms with Crippen LogP contribution in [0.5, 0.6) is 0 Å². The molecule has 0 bridgehead atoms. The first-order valence-electron chi connectivity index (χ1n) is 7.85. The van der Waals surface area contributed by atoms with E-state index in [0.29, 0.717) is 17.8 Å². The summed E-state index contributed by atoms with van der Waals surface area (Å²) >= 11 is 1.61. The van der Waals surface area contributed by atoms with Crippen molar-refractivity contribution in [3.05, 3.63) is 42.5 Å². The lowest BCUT2D eigenvalue weighted by Crippen LogP contribution is -2.47. The molecule has 1 fully saturated rings. The predicted molar refractivity (Wildman–Crippen MR) is 93.3 cm³/mol. The van der Waals surface area contributed by atoms with Crippen molar-refractivity contribution in [2.45, 2.75) is 36.7 Å². The van der Waals surface area contributed by atoms with Crippen LogP contribution in [0, 0.1) is 0 Å². The van der Waals surface area contributed by atoms with Crippen molar-refractivity contribution in [1.82, 2.24) is 10.6 Å². The van der Waals surface area contributed by atoms with Crippen molar-refractivity contribution in [2.75, 3.05) is 12.3 Å². The van der Waals surface area contributed by atoms with Gasteiger partial charge in [-0.25, -0.2) is 0 Å². The molecule has 3 rings (SSSR count). The molecule has 2 aromatic carbocycles. The van der Waals surface area contributed by atoms with E-state index in [9.17, 15) is 4.79 Å². The van der Waals surface area contributed by atoms with E-state index in [-0.39, 0.29) is 5.91 Å². The van der Waals surface area contributed by atoms with Crippen LogP contribution in [0.3, 0.4) is 0 Å². The van der Waals surface area contributed by atoms with Crippen LogP contribution in [0.25, 0.3) is 10.8 Å². The van der Waals surface area contributed by atoms with Gasteiger partial charge in [-0.05, 0) is 49.2 Å². The summed E-state index contributed by atoms with van der Waals surface area (Å²) in [4.78, 5) is 13.2. The van der Waals surface area contributed by atoms with Crippen LogP contribution in [-0.2, 0) is 4.79 Å². The number of hydrogen-bond acceptors (Lipinski definition) is 3. The van der Waals surface area contributed by atoms with Gasteiger partial charge in [0.25, 0.3) is 0 Å². The van der Waals surface area contributed by atoms with E-state index in [1.807, 2.05) is 12.1 Å². The molecule has 1 aliphatic heterocycles. The summed E-state index contributed by atoms with van der Waals surface area (Å²) in [5.74, 6) is 0.619. The van der Waals surface area contributed by atoms with Gasteiger partial charge in [-0.15, -0.1) is 11.8 Å². The van der Waals surface area contributed by atoms with Crippen LogP contribution in [-0.4, -0.2) is 30.3 Å². The van der Waals surface area contributed by atoms with Gasteiger partial charge in [0.1, 0.15) is 0 Å². The van der Waals surface area contributed by atoms with Crippen molar-refractivity contribution in [3.63, 3.8) is 0 Å². The third-order valence-electron chi connectivity index (χ3n) is 4.08. The molecule has 2 unspecified atom stereocenters. The Labute approximate surface area is 135 Å². The SMILES string of the molecule is CC1CC(NC(=O)CSc2ccc3ccccc3c2)CCN1. The van der Waals surface area contributed by atoms with Gasteiger partial charge in [0.15, 0.2) is 0 Å². The summed E-state index contributed by atoms with van der Waals surface area (Å²) in [6.07, 6.45) is 2.04. The molecule has 1 aliphatic rings. The number of hydrogen-bond donors (Lipinski definition) is 2. The molecule has 1 amide bonds. The lowest BCUT2D eigenvalue weighted by Gasteiger charge is -2.28. The third kappa shape index (κ3) is 4.02. The highest BCUT2D eigenvalue weighted by Crippen LogP contribution is 2.23. The first-order valence-corrected chi connectivity index (χ1v) is 8.83. The summed E-state index contributed by atoms with van der Waals surface area (Å²) in [6.45, 7) is 3.16. The first-order chi connectivity index (χ1) is 10.7. The molecular formula is C18H22N2OS. The lowest BCUT2D eigenvalue weighted by atomic mass is 10.0. The maximum absolute atomic E-state index is 12.1. The van der Waals surface area contributed by atoms with Gasteiger partial charge in [-0.3, -0.25) is 4.79 Å². The van der Waals surface area contributed by atoms with E-state index in [0.717, 1.165) is 24.3 Å². The predicted octanol–water partition coefficient (Wildman–Crippen LogP) is 3.19. The van der Waals surface area contributed by atoms with Gasteiger partial charge in [0.05, 0.1) is 5.75 Å². The number of thioether (sulfide) groups is 1. The number of benzene rings is 2. The van der Waals surface area contributed by atoms with E-state index in [2.05, 4.69) is 47.9 Å². The van der Waals surface area contributed by atoms with Gasteiger partial charge in [0.2, 0.25) is 5.91 Å². The Morgan fingerprint density at radius 2 is 2.09 bits per heavy atom. The molecule has 0 aromatic heterocycles. The Morgan fingerprint density at radius 3 is 2.91 bits per heavy atom. The molecule has 1 heterocycles. The number of amides is 1. The number of carbonyl (C=O) groups is 1. The maximum atomic E-state index is 12.1. The average molecular weight is 314 g/mol. The number of rotatable bonds is 4. The number of nitrogens with one attached hydrogen (secondary N) is 2. The Kier molecular flexibility index (Phi) is 5.01. The summed E-state index contributed by atoms with van der Waals surface area (Å²) in [6, 6.07) is 15.5. The topological polar surface area (TPSA) is 41.1 Å². The van der Waals surface area contributed by atoms with Crippen LogP contribution >= 0.6 is 11.8 Å². The van der Waals surface area contributed by atoms with E-state index < -0.39 is 0 Å². The number of carbonyl (C=O) groups excluding carboxylic acids is 1. The lowest BCUT2D eigenvalue weighted by molar-refractivity contribution is -0.119. The zero-order chi connectivity index (χ0) is 15.4. The second-order valence-corrected chi connectivity index (χ2v) is 6.99. The van der Waals surface area contributed by atoms with Crippen LogP contribution in [0.2, 0.25) is 0 Å². The summed E-state index contributed by atoms with van der Waals surface area (Å²) in [5.41, 5.74) is 0. The normalized spacial score (nSPS) is 21.7. The third-order valence-corrected chi connectivity index (χ3v) is 5.07. The van der Waals surface area contributed by atoms with Crippen molar-refractivity contribution >= 4 is 28.4 Å². The highest BCUT2D eigenvalue weighted by Gasteiger charge is 2.19. The molecule has 0 saturated carbocycles.